The predicted octanol–water partition coefficient (Wildman–Crippen LogP) is 1.10. The molecule has 9 nitrogen and oxygen atoms in total. The van der Waals surface area contributed by atoms with Crippen molar-refractivity contribution in [3.63, 3.8) is 0 Å². The van der Waals surface area contributed by atoms with Crippen LogP contribution in [0.4, 0.5) is 8.78 Å². The first-order valence-corrected chi connectivity index (χ1v) is 7.61. The van der Waals surface area contributed by atoms with Crippen LogP contribution >= 0.6 is 0 Å². The lowest BCUT2D eigenvalue weighted by Gasteiger charge is -2.11. The van der Waals surface area contributed by atoms with Crippen LogP contribution in [-0.2, 0) is 0 Å². The van der Waals surface area contributed by atoms with E-state index in [0.717, 1.165) is 0 Å². The second kappa shape index (κ2) is 17.9. The average Bonchev–Trinajstić information content (AvgIpc) is 2.54. The molecule has 0 aromatic rings. The Balaban J connectivity index is -0.000000285. The van der Waals surface area contributed by atoms with Gasteiger partial charge >= 0.3 is 0 Å². The fourth-order valence-electron chi connectivity index (χ4n) is 1.23. The van der Waals surface area contributed by atoms with E-state index >= 15 is 0 Å². The van der Waals surface area contributed by atoms with Crippen LogP contribution in [0.3, 0.4) is 0 Å². The molecule has 0 aliphatic heterocycles. The first kappa shape index (κ1) is 27.4. The van der Waals surface area contributed by atoms with Crippen LogP contribution < -0.4 is 5.73 Å². The lowest BCUT2D eigenvalue weighted by molar-refractivity contribution is -0.534. The lowest BCUT2D eigenvalue weighted by Crippen LogP contribution is -2.35. The Morgan fingerprint density at radius 2 is 1.46 bits per heavy atom. The minimum atomic E-state index is -1.46. The highest BCUT2D eigenvalue weighted by molar-refractivity contribution is 4.67. The molecule has 146 valence electrons. The minimum Gasteiger partial charge on any atom is -0.389 e. The van der Waals surface area contributed by atoms with E-state index in [9.17, 15) is 29.0 Å². The Morgan fingerprint density at radius 1 is 1.00 bits per heavy atom. The Morgan fingerprint density at radius 3 is 1.54 bits per heavy atom. The number of nitrogens with two attached hydrogens (primary N) is 1. The highest BCUT2D eigenvalue weighted by atomic mass is 19.1. The van der Waals surface area contributed by atoms with Crippen molar-refractivity contribution in [1.29, 1.82) is 0 Å². The van der Waals surface area contributed by atoms with Gasteiger partial charge in [0, 0.05) is 28.7 Å². The summed E-state index contributed by atoms with van der Waals surface area (Å²) in [6, 6.07) is -1.56. The Kier molecular flexibility index (Phi) is 20.4. The SMILES string of the molecule is CCC(C(O)CF)[N+](=O)[O-].CCC(N)C(O)CF.CCC[N+](=O)[O-]. The van der Waals surface area contributed by atoms with Crippen molar-refractivity contribution in [3.05, 3.63) is 20.2 Å². The van der Waals surface area contributed by atoms with E-state index in [4.69, 9.17) is 15.9 Å². The van der Waals surface area contributed by atoms with Crippen LogP contribution in [0.15, 0.2) is 0 Å². The van der Waals surface area contributed by atoms with Crippen molar-refractivity contribution in [2.75, 3.05) is 19.9 Å². The van der Waals surface area contributed by atoms with Gasteiger partial charge in [-0.15, -0.1) is 0 Å². The quantitative estimate of drug-likeness (QED) is 0.410. The molecule has 0 saturated heterocycles. The molecule has 0 aliphatic rings. The molecule has 11 heteroatoms. The molecule has 4 unspecified atom stereocenters. The minimum absolute atomic E-state index is 0.0972. The van der Waals surface area contributed by atoms with Crippen molar-refractivity contribution in [2.24, 2.45) is 5.73 Å². The smallest absolute Gasteiger partial charge is 0.240 e. The molecule has 0 amide bonds. The fourth-order valence-corrected chi connectivity index (χ4v) is 1.23. The highest BCUT2D eigenvalue weighted by Gasteiger charge is 2.27. The molecular formula is C13H29F2N3O6. The molecule has 0 aromatic carbocycles. The maximum Gasteiger partial charge on any atom is 0.240 e. The molecule has 0 fully saturated rings. The van der Waals surface area contributed by atoms with Gasteiger partial charge in [0.05, 0.1) is 6.10 Å². The summed E-state index contributed by atoms with van der Waals surface area (Å²) in [6.07, 6.45) is -1.03. The maximum atomic E-state index is 11.6. The zero-order chi connectivity index (χ0) is 19.7. The van der Waals surface area contributed by atoms with Crippen LogP contribution in [0, 0.1) is 20.2 Å². The van der Waals surface area contributed by atoms with Gasteiger partial charge < -0.3 is 15.9 Å². The number of rotatable bonds is 9. The summed E-state index contributed by atoms with van der Waals surface area (Å²) in [4.78, 5) is 18.4. The predicted molar refractivity (Wildman–Crippen MR) is 85.5 cm³/mol. The summed E-state index contributed by atoms with van der Waals surface area (Å²) in [5.74, 6) is 0. The number of alkyl halides is 2. The number of halogens is 2. The fraction of sp³-hybridized carbons (Fsp3) is 1.00. The van der Waals surface area contributed by atoms with Gasteiger partial charge in [-0.3, -0.25) is 20.2 Å². The Bertz CT molecular complexity index is 318. The third-order valence-electron chi connectivity index (χ3n) is 2.82. The number of aliphatic hydroxyl groups is 2. The highest BCUT2D eigenvalue weighted by Crippen LogP contribution is 2.03. The van der Waals surface area contributed by atoms with E-state index in [-0.39, 0.29) is 17.9 Å². The first-order valence-electron chi connectivity index (χ1n) is 7.61. The Labute approximate surface area is 140 Å². The van der Waals surface area contributed by atoms with Crippen molar-refractivity contribution < 1.29 is 28.8 Å². The van der Waals surface area contributed by atoms with Crippen LogP contribution in [-0.4, -0.2) is 64.2 Å². The van der Waals surface area contributed by atoms with E-state index < -0.39 is 42.6 Å². The normalized spacial score (nSPS) is 14.8. The summed E-state index contributed by atoms with van der Waals surface area (Å²) in [5.41, 5.74) is 5.24. The van der Waals surface area contributed by atoms with E-state index in [1.165, 1.54) is 6.92 Å². The van der Waals surface area contributed by atoms with Crippen LogP contribution in [0.1, 0.15) is 40.0 Å². The standard InChI is InChI=1S/C5H10FNO3.C5H12FNO.C3H7NO2/c1-2-4(7(9)10)5(8)3-6;1-2-4(7)5(8)3-6;1-2-3-4(5)6/h4-5,8H,2-3H2,1H3;4-5,8H,2-3,7H2,1H3;2-3H2,1H3. The third-order valence-corrected chi connectivity index (χ3v) is 2.82. The van der Waals surface area contributed by atoms with Crippen molar-refractivity contribution in [3.8, 4) is 0 Å². The van der Waals surface area contributed by atoms with Crippen molar-refractivity contribution in [2.45, 2.75) is 64.3 Å². The molecule has 0 aliphatic carbocycles. The summed E-state index contributed by atoms with van der Waals surface area (Å²) in [6.45, 7) is 3.42. The second-order valence-electron chi connectivity index (χ2n) is 4.83. The third kappa shape index (κ3) is 16.9. The lowest BCUT2D eigenvalue weighted by atomic mass is 10.1. The van der Waals surface area contributed by atoms with Gasteiger partial charge in [0.2, 0.25) is 12.6 Å². The summed E-state index contributed by atoms with van der Waals surface area (Å²) < 4.78 is 23.1. The molecule has 0 rings (SSSR count). The molecule has 0 aromatic heterocycles. The molecule has 24 heavy (non-hydrogen) atoms. The first-order chi connectivity index (χ1) is 11.1. The van der Waals surface area contributed by atoms with Gasteiger partial charge in [0.1, 0.15) is 19.5 Å². The molecule has 0 bridgehead atoms. The van der Waals surface area contributed by atoms with E-state index in [1.807, 2.05) is 6.92 Å². The molecule has 0 spiro atoms. The average molecular weight is 361 g/mol. The van der Waals surface area contributed by atoms with Gasteiger partial charge in [0.25, 0.3) is 0 Å². The van der Waals surface area contributed by atoms with Crippen molar-refractivity contribution >= 4 is 0 Å². The molecular weight excluding hydrogens is 332 g/mol. The molecule has 4 N–H and O–H groups in total. The van der Waals surface area contributed by atoms with E-state index in [1.54, 1.807) is 6.92 Å². The number of hydrogen-bond acceptors (Lipinski definition) is 7. The topological polar surface area (TPSA) is 153 Å². The zero-order valence-corrected chi connectivity index (χ0v) is 14.3. The van der Waals surface area contributed by atoms with Gasteiger partial charge in [-0.1, -0.05) is 20.8 Å². The molecule has 0 radical (unpaired) electrons. The van der Waals surface area contributed by atoms with E-state index in [2.05, 4.69) is 0 Å². The summed E-state index contributed by atoms with van der Waals surface area (Å²) in [5, 5.41) is 36.7. The maximum absolute atomic E-state index is 11.6. The number of aliphatic hydroxyl groups excluding tert-OH is 2. The van der Waals surface area contributed by atoms with Gasteiger partial charge in [-0.2, -0.15) is 0 Å². The van der Waals surface area contributed by atoms with Gasteiger partial charge in [-0.05, 0) is 6.42 Å². The largest absolute Gasteiger partial charge is 0.389 e. The van der Waals surface area contributed by atoms with Crippen LogP contribution in [0.25, 0.3) is 0 Å². The molecule has 4 atom stereocenters. The zero-order valence-electron chi connectivity index (χ0n) is 14.3. The molecule has 0 heterocycles. The second-order valence-corrected chi connectivity index (χ2v) is 4.83. The monoisotopic (exact) mass is 361 g/mol. The van der Waals surface area contributed by atoms with E-state index in [0.29, 0.717) is 12.8 Å². The summed E-state index contributed by atoms with van der Waals surface area (Å²) >= 11 is 0. The Hall–Kier alpha value is -1.46. The van der Waals surface area contributed by atoms with Crippen molar-refractivity contribution in [1.82, 2.24) is 0 Å². The summed E-state index contributed by atoms with van der Waals surface area (Å²) in [7, 11) is 0. The molecule has 0 saturated carbocycles. The van der Waals surface area contributed by atoms with Gasteiger partial charge in [0.15, 0.2) is 0 Å². The van der Waals surface area contributed by atoms with Crippen LogP contribution in [0.5, 0.6) is 0 Å². The number of nitro groups is 2. The number of nitrogens with zero attached hydrogens (tertiary/aromatic N) is 2. The number of hydrogen-bond donors (Lipinski definition) is 3. The van der Waals surface area contributed by atoms with Gasteiger partial charge in [-0.25, -0.2) is 8.78 Å². The van der Waals surface area contributed by atoms with Crippen LogP contribution in [0.2, 0.25) is 0 Å².